The minimum absolute atomic E-state index is 0.172. The Morgan fingerprint density at radius 3 is 2.34 bits per heavy atom. The van der Waals surface area contributed by atoms with Crippen molar-refractivity contribution >= 4 is 28.9 Å². The van der Waals surface area contributed by atoms with Gasteiger partial charge in [-0.1, -0.05) is 74.0 Å². The van der Waals surface area contributed by atoms with Gasteiger partial charge in [0.2, 0.25) is 0 Å². The SMILES string of the molecule is CCC(CC)c1ccc(NC(=O)c2ccc(-c3ncccc3Cl)cc2NCc2ccccc2)cc1. The molecule has 0 saturated carbocycles. The van der Waals surface area contributed by atoms with Crippen molar-refractivity contribution in [2.45, 2.75) is 39.2 Å². The summed E-state index contributed by atoms with van der Waals surface area (Å²) in [6, 6.07) is 27.5. The third-order valence-electron chi connectivity index (χ3n) is 6.25. The highest BCUT2D eigenvalue weighted by atomic mass is 35.5. The largest absolute Gasteiger partial charge is 0.380 e. The molecule has 0 unspecified atom stereocenters. The number of anilines is 2. The van der Waals surface area contributed by atoms with Gasteiger partial charge in [-0.15, -0.1) is 0 Å². The number of nitrogens with one attached hydrogen (secondary N) is 2. The van der Waals surface area contributed by atoms with Crippen molar-refractivity contribution in [1.29, 1.82) is 0 Å². The highest BCUT2D eigenvalue weighted by Gasteiger charge is 2.15. The van der Waals surface area contributed by atoms with Crippen LogP contribution < -0.4 is 10.6 Å². The summed E-state index contributed by atoms with van der Waals surface area (Å²) in [5, 5.41) is 7.05. The molecule has 0 bridgehead atoms. The molecule has 0 fully saturated rings. The molecule has 4 aromatic rings. The molecular formula is C30H30ClN3O. The number of halogens is 1. The number of carbonyl (C=O) groups excluding carboxylic acids is 1. The lowest BCUT2D eigenvalue weighted by molar-refractivity contribution is 0.102. The number of nitrogens with zero attached hydrogens (tertiary/aromatic N) is 1. The second kappa shape index (κ2) is 11.7. The van der Waals surface area contributed by atoms with Crippen LogP contribution in [0, 0.1) is 0 Å². The number of rotatable bonds is 9. The third kappa shape index (κ3) is 6.09. The van der Waals surface area contributed by atoms with E-state index in [4.69, 9.17) is 11.6 Å². The lowest BCUT2D eigenvalue weighted by Crippen LogP contribution is -2.15. The summed E-state index contributed by atoms with van der Waals surface area (Å²) in [6.07, 6.45) is 3.92. The quantitative estimate of drug-likeness (QED) is 0.252. The summed E-state index contributed by atoms with van der Waals surface area (Å²) in [7, 11) is 0. The fraction of sp³-hybridized carbons (Fsp3) is 0.200. The van der Waals surface area contributed by atoms with Gasteiger partial charge in [-0.25, -0.2) is 0 Å². The first kappa shape index (κ1) is 24.5. The molecule has 0 radical (unpaired) electrons. The van der Waals surface area contributed by atoms with Gasteiger partial charge in [-0.05, 0) is 66.3 Å². The van der Waals surface area contributed by atoms with E-state index < -0.39 is 0 Å². The molecule has 0 saturated heterocycles. The zero-order valence-corrected chi connectivity index (χ0v) is 20.8. The first-order chi connectivity index (χ1) is 17.1. The van der Waals surface area contributed by atoms with E-state index in [1.54, 1.807) is 12.3 Å². The number of hydrogen-bond donors (Lipinski definition) is 2. The normalized spacial score (nSPS) is 10.9. The zero-order chi connectivity index (χ0) is 24.6. The molecule has 0 atom stereocenters. The number of benzene rings is 3. The summed E-state index contributed by atoms with van der Waals surface area (Å²) < 4.78 is 0. The lowest BCUT2D eigenvalue weighted by Gasteiger charge is -2.16. The smallest absolute Gasteiger partial charge is 0.257 e. The molecule has 0 spiro atoms. The second-order valence-corrected chi connectivity index (χ2v) is 8.93. The molecule has 0 aliphatic carbocycles. The molecule has 3 aromatic carbocycles. The minimum atomic E-state index is -0.172. The molecule has 1 amide bonds. The van der Waals surface area contributed by atoms with Crippen molar-refractivity contribution in [2.75, 3.05) is 10.6 Å². The molecular weight excluding hydrogens is 454 g/mol. The van der Waals surface area contributed by atoms with E-state index in [1.807, 2.05) is 66.7 Å². The molecule has 0 aliphatic heterocycles. The van der Waals surface area contributed by atoms with Crippen LogP contribution in [0.2, 0.25) is 5.02 Å². The number of hydrogen-bond acceptors (Lipinski definition) is 3. The Morgan fingerprint density at radius 2 is 1.66 bits per heavy atom. The maximum Gasteiger partial charge on any atom is 0.257 e. The van der Waals surface area contributed by atoms with E-state index >= 15 is 0 Å². The Labute approximate surface area is 212 Å². The van der Waals surface area contributed by atoms with Crippen molar-refractivity contribution in [3.05, 3.63) is 113 Å². The van der Waals surface area contributed by atoms with Crippen molar-refractivity contribution < 1.29 is 4.79 Å². The van der Waals surface area contributed by atoms with Gasteiger partial charge in [0.15, 0.2) is 0 Å². The van der Waals surface area contributed by atoms with Crippen LogP contribution in [0.3, 0.4) is 0 Å². The van der Waals surface area contributed by atoms with Crippen molar-refractivity contribution in [1.82, 2.24) is 4.98 Å². The molecule has 4 nitrogen and oxygen atoms in total. The Bertz CT molecular complexity index is 1270. The molecule has 178 valence electrons. The maximum absolute atomic E-state index is 13.3. The van der Waals surface area contributed by atoms with Crippen LogP contribution in [0.25, 0.3) is 11.3 Å². The Balaban J connectivity index is 1.60. The average Bonchev–Trinajstić information content (AvgIpc) is 2.90. The van der Waals surface area contributed by atoms with Gasteiger partial charge in [0.25, 0.3) is 5.91 Å². The lowest BCUT2D eigenvalue weighted by atomic mass is 9.94. The van der Waals surface area contributed by atoms with E-state index in [0.717, 1.165) is 35.3 Å². The van der Waals surface area contributed by atoms with Gasteiger partial charge in [0, 0.05) is 29.7 Å². The topological polar surface area (TPSA) is 54.0 Å². The highest BCUT2D eigenvalue weighted by molar-refractivity contribution is 6.33. The van der Waals surface area contributed by atoms with Gasteiger partial charge in [0.05, 0.1) is 16.3 Å². The first-order valence-corrected chi connectivity index (χ1v) is 12.4. The number of amides is 1. The molecule has 4 rings (SSSR count). The number of carbonyl (C=O) groups is 1. The van der Waals surface area contributed by atoms with Crippen LogP contribution >= 0.6 is 11.6 Å². The Kier molecular flexibility index (Phi) is 8.17. The van der Waals surface area contributed by atoms with Crippen molar-refractivity contribution in [3.8, 4) is 11.3 Å². The van der Waals surface area contributed by atoms with Crippen LogP contribution in [0.4, 0.5) is 11.4 Å². The van der Waals surface area contributed by atoms with E-state index in [0.29, 0.717) is 28.7 Å². The predicted octanol–water partition coefficient (Wildman–Crippen LogP) is 8.17. The highest BCUT2D eigenvalue weighted by Crippen LogP contribution is 2.30. The molecule has 1 heterocycles. The molecule has 0 aliphatic rings. The van der Waals surface area contributed by atoms with E-state index in [1.165, 1.54) is 5.56 Å². The van der Waals surface area contributed by atoms with Crippen LogP contribution in [0.1, 0.15) is 54.1 Å². The summed E-state index contributed by atoms with van der Waals surface area (Å²) in [5.74, 6) is 0.369. The van der Waals surface area contributed by atoms with Gasteiger partial charge in [-0.3, -0.25) is 9.78 Å². The summed E-state index contributed by atoms with van der Waals surface area (Å²) in [6.45, 7) is 5.00. The molecule has 5 heteroatoms. The van der Waals surface area contributed by atoms with Gasteiger partial charge < -0.3 is 10.6 Å². The molecule has 35 heavy (non-hydrogen) atoms. The zero-order valence-electron chi connectivity index (χ0n) is 20.1. The van der Waals surface area contributed by atoms with E-state index in [9.17, 15) is 4.79 Å². The van der Waals surface area contributed by atoms with E-state index in [2.05, 4.69) is 41.6 Å². The first-order valence-electron chi connectivity index (χ1n) is 12.0. The fourth-order valence-corrected chi connectivity index (χ4v) is 4.45. The second-order valence-electron chi connectivity index (χ2n) is 8.52. The number of pyridine rings is 1. The predicted molar refractivity (Wildman–Crippen MR) is 146 cm³/mol. The summed E-state index contributed by atoms with van der Waals surface area (Å²) in [5.41, 5.74) is 6.00. The monoisotopic (exact) mass is 483 g/mol. The van der Waals surface area contributed by atoms with Crippen LogP contribution in [-0.2, 0) is 6.54 Å². The van der Waals surface area contributed by atoms with Crippen LogP contribution in [0.15, 0.2) is 91.1 Å². The maximum atomic E-state index is 13.3. The molecule has 1 aromatic heterocycles. The van der Waals surface area contributed by atoms with Crippen molar-refractivity contribution in [3.63, 3.8) is 0 Å². The third-order valence-corrected chi connectivity index (χ3v) is 6.55. The Hall–Kier alpha value is -3.63. The minimum Gasteiger partial charge on any atom is -0.380 e. The summed E-state index contributed by atoms with van der Waals surface area (Å²) >= 11 is 6.39. The van der Waals surface area contributed by atoms with Gasteiger partial charge in [-0.2, -0.15) is 0 Å². The standard InChI is InChI=1S/C30H30ClN3O/c1-3-22(4-2)23-12-15-25(16-13-23)34-30(35)26-17-14-24(29-27(31)11-8-18-32-29)19-28(26)33-20-21-9-6-5-7-10-21/h5-19,22,33H,3-4,20H2,1-2H3,(H,34,35). The fourth-order valence-electron chi connectivity index (χ4n) is 4.22. The van der Waals surface area contributed by atoms with Crippen molar-refractivity contribution in [2.24, 2.45) is 0 Å². The van der Waals surface area contributed by atoms with Gasteiger partial charge in [0.1, 0.15) is 0 Å². The van der Waals surface area contributed by atoms with Gasteiger partial charge >= 0.3 is 0 Å². The summed E-state index contributed by atoms with van der Waals surface area (Å²) in [4.78, 5) is 17.7. The number of aromatic nitrogens is 1. The average molecular weight is 484 g/mol. The van der Waals surface area contributed by atoms with Crippen LogP contribution in [0.5, 0.6) is 0 Å². The van der Waals surface area contributed by atoms with Crippen LogP contribution in [-0.4, -0.2) is 10.9 Å². The molecule has 2 N–H and O–H groups in total. The Morgan fingerprint density at radius 1 is 0.914 bits per heavy atom. The van der Waals surface area contributed by atoms with E-state index in [-0.39, 0.29) is 5.91 Å².